The van der Waals surface area contributed by atoms with Gasteiger partial charge in [-0.3, -0.25) is 4.90 Å². The minimum Gasteiger partial charge on any atom is -0.467 e. The molecule has 0 bridgehead atoms. The Morgan fingerprint density at radius 1 is 1.27 bits per heavy atom. The molecule has 2 aromatic rings. The molecule has 0 aliphatic carbocycles. The Hall–Kier alpha value is -1.72. The molecule has 1 fully saturated rings. The standard InChI is InChI=1S/C17H19F2NO2/c18-13-7-12(8-14(19)9-13)11-20-5-1-3-15(20)10-16(21)17-4-2-6-22-17/h2,4,6-9,15-16,21H,1,3,5,10-11H2. The maximum Gasteiger partial charge on any atom is 0.132 e. The summed E-state index contributed by atoms with van der Waals surface area (Å²) in [5, 5.41) is 10.2. The molecule has 1 saturated heterocycles. The first-order valence-corrected chi connectivity index (χ1v) is 7.52. The van der Waals surface area contributed by atoms with Crippen LogP contribution in [0.1, 0.15) is 36.7 Å². The highest BCUT2D eigenvalue weighted by atomic mass is 19.1. The molecular formula is C17H19F2NO2. The first-order chi connectivity index (χ1) is 10.6. The lowest BCUT2D eigenvalue weighted by atomic mass is 10.0. The second-order valence-corrected chi connectivity index (χ2v) is 5.81. The van der Waals surface area contributed by atoms with Crippen LogP contribution in [-0.4, -0.2) is 22.6 Å². The van der Waals surface area contributed by atoms with Gasteiger partial charge in [0.05, 0.1) is 6.26 Å². The van der Waals surface area contributed by atoms with Crippen LogP contribution < -0.4 is 0 Å². The molecule has 0 spiro atoms. The molecule has 1 aromatic heterocycles. The molecular weight excluding hydrogens is 288 g/mol. The third-order valence-electron chi connectivity index (χ3n) is 4.17. The van der Waals surface area contributed by atoms with Crippen LogP contribution in [0.5, 0.6) is 0 Å². The lowest BCUT2D eigenvalue weighted by Gasteiger charge is -2.26. The fraction of sp³-hybridized carbons (Fsp3) is 0.412. The van der Waals surface area contributed by atoms with E-state index in [2.05, 4.69) is 4.90 Å². The molecule has 1 aliphatic heterocycles. The fourth-order valence-electron chi connectivity index (χ4n) is 3.16. The van der Waals surface area contributed by atoms with E-state index in [0.29, 0.717) is 24.3 Å². The van der Waals surface area contributed by atoms with Crippen molar-refractivity contribution in [3.63, 3.8) is 0 Å². The number of furan rings is 1. The van der Waals surface area contributed by atoms with E-state index in [-0.39, 0.29) is 6.04 Å². The molecule has 22 heavy (non-hydrogen) atoms. The van der Waals surface area contributed by atoms with Gasteiger partial charge in [0.25, 0.3) is 0 Å². The Kier molecular flexibility index (Phi) is 4.55. The van der Waals surface area contributed by atoms with Gasteiger partial charge in [0.2, 0.25) is 0 Å². The van der Waals surface area contributed by atoms with E-state index in [4.69, 9.17) is 4.42 Å². The summed E-state index contributed by atoms with van der Waals surface area (Å²) >= 11 is 0. The van der Waals surface area contributed by atoms with Crippen LogP contribution in [0.15, 0.2) is 41.0 Å². The first kappa shape index (κ1) is 15.2. The number of aliphatic hydroxyl groups is 1. The average Bonchev–Trinajstić information content (AvgIpc) is 3.10. The van der Waals surface area contributed by atoms with Gasteiger partial charge in [-0.1, -0.05) is 0 Å². The Morgan fingerprint density at radius 3 is 2.73 bits per heavy atom. The average molecular weight is 307 g/mol. The smallest absolute Gasteiger partial charge is 0.132 e. The Labute approximate surface area is 128 Å². The highest BCUT2D eigenvalue weighted by Crippen LogP contribution is 2.29. The quantitative estimate of drug-likeness (QED) is 0.916. The number of halogens is 2. The minimum atomic E-state index is -0.648. The van der Waals surface area contributed by atoms with Crippen molar-refractivity contribution in [1.29, 1.82) is 0 Å². The van der Waals surface area contributed by atoms with Gasteiger partial charge in [-0.15, -0.1) is 0 Å². The van der Waals surface area contributed by atoms with Crippen LogP contribution in [0, 0.1) is 11.6 Å². The fourth-order valence-corrected chi connectivity index (χ4v) is 3.16. The second-order valence-electron chi connectivity index (χ2n) is 5.81. The van der Waals surface area contributed by atoms with Crippen LogP contribution in [0.2, 0.25) is 0 Å². The van der Waals surface area contributed by atoms with Crippen LogP contribution in [0.4, 0.5) is 8.78 Å². The van der Waals surface area contributed by atoms with Crippen molar-refractivity contribution in [2.45, 2.75) is 38.0 Å². The summed E-state index contributed by atoms with van der Waals surface area (Å²) in [5.74, 6) is -0.550. The van der Waals surface area contributed by atoms with E-state index in [1.165, 1.54) is 12.1 Å². The number of nitrogens with zero attached hydrogens (tertiary/aromatic N) is 1. The van der Waals surface area contributed by atoms with E-state index in [1.54, 1.807) is 18.4 Å². The lowest BCUT2D eigenvalue weighted by molar-refractivity contribution is 0.0994. The highest BCUT2D eigenvalue weighted by Gasteiger charge is 2.28. The zero-order chi connectivity index (χ0) is 15.5. The highest BCUT2D eigenvalue weighted by molar-refractivity contribution is 5.18. The molecule has 3 rings (SSSR count). The van der Waals surface area contributed by atoms with Crippen LogP contribution >= 0.6 is 0 Å². The molecule has 2 heterocycles. The zero-order valence-electron chi connectivity index (χ0n) is 12.2. The summed E-state index contributed by atoms with van der Waals surface area (Å²) in [7, 11) is 0. The van der Waals surface area contributed by atoms with E-state index >= 15 is 0 Å². The third-order valence-corrected chi connectivity index (χ3v) is 4.17. The molecule has 1 N–H and O–H groups in total. The maximum absolute atomic E-state index is 13.3. The van der Waals surface area contributed by atoms with Crippen molar-refractivity contribution in [3.05, 3.63) is 59.6 Å². The summed E-state index contributed by atoms with van der Waals surface area (Å²) < 4.78 is 31.8. The summed E-state index contributed by atoms with van der Waals surface area (Å²) in [6.07, 6.45) is 3.44. The van der Waals surface area contributed by atoms with Gasteiger partial charge in [0.1, 0.15) is 23.5 Å². The van der Waals surface area contributed by atoms with Gasteiger partial charge >= 0.3 is 0 Å². The van der Waals surface area contributed by atoms with Crippen molar-refractivity contribution in [1.82, 2.24) is 4.90 Å². The summed E-state index contributed by atoms with van der Waals surface area (Å²) in [4.78, 5) is 2.17. The van der Waals surface area contributed by atoms with Crippen molar-refractivity contribution < 1.29 is 18.3 Å². The van der Waals surface area contributed by atoms with Gasteiger partial charge in [-0.2, -0.15) is 0 Å². The SMILES string of the molecule is OC(CC1CCCN1Cc1cc(F)cc(F)c1)c1ccco1. The molecule has 0 radical (unpaired) electrons. The second kappa shape index (κ2) is 6.58. The molecule has 1 aliphatic rings. The van der Waals surface area contributed by atoms with Crippen molar-refractivity contribution in [2.75, 3.05) is 6.54 Å². The molecule has 3 nitrogen and oxygen atoms in total. The summed E-state index contributed by atoms with van der Waals surface area (Å²) in [6, 6.07) is 7.30. The topological polar surface area (TPSA) is 36.6 Å². The first-order valence-electron chi connectivity index (χ1n) is 7.52. The lowest BCUT2D eigenvalue weighted by Crippen LogP contribution is -2.30. The maximum atomic E-state index is 13.3. The van der Waals surface area contributed by atoms with Crippen LogP contribution in [0.25, 0.3) is 0 Å². The zero-order valence-corrected chi connectivity index (χ0v) is 12.2. The van der Waals surface area contributed by atoms with Gasteiger partial charge < -0.3 is 9.52 Å². The third kappa shape index (κ3) is 3.54. The molecule has 5 heteroatoms. The van der Waals surface area contributed by atoms with Gasteiger partial charge in [-0.25, -0.2) is 8.78 Å². The number of likely N-dealkylation sites (tertiary alicyclic amines) is 1. The number of hydrogen-bond acceptors (Lipinski definition) is 3. The Balaban J connectivity index is 1.65. The van der Waals surface area contributed by atoms with Gasteiger partial charge in [0, 0.05) is 18.7 Å². The number of hydrogen-bond donors (Lipinski definition) is 1. The van der Waals surface area contributed by atoms with E-state index in [0.717, 1.165) is 25.5 Å². The minimum absolute atomic E-state index is 0.187. The Morgan fingerprint density at radius 2 is 2.05 bits per heavy atom. The molecule has 2 atom stereocenters. The summed E-state index contributed by atoms with van der Waals surface area (Å²) in [6.45, 7) is 1.36. The van der Waals surface area contributed by atoms with Crippen molar-refractivity contribution >= 4 is 0 Å². The largest absolute Gasteiger partial charge is 0.467 e. The van der Waals surface area contributed by atoms with E-state index in [1.807, 2.05) is 0 Å². The monoisotopic (exact) mass is 307 g/mol. The van der Waals surface area contributed by atoms with Gasteiger partial charge in [0.15, 0.2) is 0 Å². The number of aliphatic hydroxyl groups excluding tert-OH is 1. The summed E-state index contributed by atoms with van der Waals surface area (Å²) in [5.41, 5.74) is 0.622. The van der Waals surface area contributed by atoms with Crippen LogP contribution in [-0.2, 0) is 6.54 Å². The van der Waals surface area contributed by atoms with Crippen molar-refractivity contribution in [3.8, 4) is 0 Å². The van der Waals surface area contributed by atoms with E-state index in [9.17, 15) is 13.9 Å². The molecule has 0 amide bonds. The number of benzene rings is 1. The van der Waals surface area contributed by atoms with Crippen molar-refractivity contribution in [2.24, 2.45) is 0 Å². The molecule has 1 aromatic carbocycles. The number of rotatable bonds is 5. The Bertz CT molecular complexity index is 595. The predicted octanol–water partition coefficient (Wildman–Crippen LogP) is 3.65. The van der Waals surface area contributed by atoms with Crippen LogP contribution in [0.3, 0.4) is 0 Å². The molecule has 118 valence electrons. The molecule has 2 unspecified atom stereocenters. The normalized spacial score (nSPS) is 20.4. The van der Waals surface area contributed by atoms with E-state index < -0.39 is 17.7 Å². The predicted molar refractivity (Wildman–Crippen MR) is 78.1 cm³/mol. The molecule has 0 saturated carbocycles. The van der Waals surface area contributed by atoms with Gasteiger partial charge in [-0.05, 0) is 55.6 Å².